The summed E-state index contributed by atoms with van der Waals surface area (Å²) in [6.07, 6.45) is -0.237. The van der Waals surface area contributed by atoms with Gasteiger partial charge in [0.05, 0.1) is 28.4 Å². The number of carbonyl (C=O) groups is 4. The van der Waals surface area contributed by atoms with Crippen molar-refractivity contribution in [2.24, 2.45) is 5.73 Å². The van der Waals surface area contributed by atoms with Crippen molar-refractivity contribution in [1.82, 2.24) is 9.80 Å². The first-order valence-electron chi connectivity index (χ1n) is 8.75. The highest BCUT2D eigenvalue weighted by Crippen LogP contribution is 2.32. The maximum Gasteiger partial charge on any atom is 0.263 e. The molecule has 1 unspecified atom stereocenters. The lowest BCUT2D eigenvalue weighted by atomic mass is 10.1. The van der Waals surface area contributed by atoms with Gasteiger partial charge in [0, 0.05) is 7.05 Å². The van der Waals surface area contributed by atoms with Crippen LogP contribution in [0.5, 0.6) is 11.5 Å². The molecule has 2 aromatic carbocycles. The number of nitrogens with zero attached hydrogens (tertiary/aromatic N) is 2. The molecule has 28 heavy (non-hydrogen) atoms. The standard InChI is InChI=1S/C20H17N3O5/c1-3-16(21)23-19(26)13-7-5-11(9-15(13)20(23)27)28-10-4-6-12-14(8-10)18(25)22(2)17(12)24/h4-9,16H,3,21H2,1-2H3. The Kier molecular flexibility index (Phi) is 4.01. The van der Waals surface area contributed by atoms with Gasteiger partial charge in [-0.15, -0.1) is 0 Å². The normalized spacial score (nSPS) is 16.5. The molecule has 1 atom stereocenters. The molecule has 2 aliphatic heterocycles. The Balaban J connectivity index is 1.64. The monoisotopic (exact) mass is 379 g/mol. The highest BCUT2D eigenvalue weighted by molar-refractivity contribution is 6.22. The fourth-order valence-corrected chi connectivity index (χ4v) is 3.33. The molecule has 0 radical (unpaired) electrons. The second-order valence-corrected chi connectivity index (χ2v) is 6.64. The third-order valence-corrected chi connectivity index (χ3v) is 4.94. The van der Waals surface area contributed by atoms with E-state index in [1.54, 1.807) is 19.1 Å². The highest BCUT2D eigenvalue weighted by atomic mass is 16.5. The molecule has 4 amide bonds. The molecule has 2 heterocycles. The van der Waals surface area contributed by atoms with Gasteiger partial charge in [-0.1, -0.05) is 6.92 Å². The molecule has 0 saturated carbocycles. The number of hydrogen-bond acceptors (Lipinski definition) is 6. The Hall–Kier alpha value is -3.52. The van der Waals surface area contributed by atoms with Crippen molar-refractivity contribution in [1.29, 1.82) is 0 Å². The number of imide groups is 2. The average Bonchev–Trinajstić information content (AvgIpc) is 3.07. The van der Waals surface area contributed by atoms with E-state index in [2.05, 4.69) is 0 Å². The van der Waals surface area contributed by atoms with E-state index in [1.807, 2.05) is 0 Å². The third kappa shape index (κ3) is 2.49. The van der Waals surface area contributed by atoms with Crippen molar-refractivity contribution in [2.45, 2.75) is 19.5 Å². The summed E-state index contributed by atoms with van der Waals surface area (Å²) in [6, 6.07) is 9.14. The second-order valence-electron chi connectivity index (χ2n) is 6.64. The Morgan fingerprint density at radius 2 is 1.29 bits per heavy atom. The zero-order chi connectivity index (χ0) is 20.2. The zero-order valence-corrected chi connectivity index (χ0v) is 15.3. The predicted octanol–water partition coefficient (Wildman–Crippen LogP) is 2.00. The average molecular weight is 379 g/mol. The zero-order valence-electron chi connectivity index (χ0n) is 15.3. The minimum Gasteiger partial charge on any atom is -0.457 e. The van der Waals surface area contributed by atoms with Crippen LogP contribution in [0.4, 0.5) is 0 Å². The van der Waals surface area contributed by atoms with Crippen LogP contribution in [-0.4, -0.2) is 46.6 Å². The summed E-state index contributed by atoms with van der Waals surface area (Å²) in [7, 11) is 1.42. The number of ether oxygens (including phenoxy) is 1. The Morgan fingerprint density at radius 1 is 0.821 bits per heavy atom. The van der Waals surface area contributed by atoms with E-state index in [-0.39, 0.29) is 22.6 Å². The van der Waals surface area contributed by atoms with Gasteiger partial charge in [0.15, 0.2) is 0 Å². The smallest absolute Gasteiger partial charge is 0.263 e. The van der Waals surface area contributed by atoms with Gasteiger partial charge in [-0.05, 0) is 42.8 Å². The molecule has 0 aliphatic carbocycles. The van der Waals surface area contributed by atoms with Crippen LogP contribution in [0.25, 0.3) is 0 Å². The van der Waals surface area contributed by atoms with Crippen LogP contribution in [0.3, 0.4) is 0 Å². The molecule has 0 bridgehead atoms. The van der Waals surface area contributed by atoms with Crippen LogP contribution in [0.2, 0.25) is 0 Å². The number of hydrogen-bond donors (Lipinski definition) is 1. The van der Waals surface area contributed by atoms with Crippen LogP contribution in [-0.2, 0) is 0 Å². The lowest BCUT2D eigenvalue weighted by Crippen LogP contribution is -2.45. The van der Waals surface area contributed by atoms with Gasteiger partial charge >= 0.3 is 0 Å². The van der Waals surface area contributed by atoms with E-state index in [1.165, 1.54) is 31.3 Å². The van der Waals surface area contributed by atoms with E-state index in [4.69, 9.17) is 10.5 Å². The fraction of sp³-hybridized carbons (Fsp3) is 0.200. The van der Waals surface area contributed by atoms with Crippen LogP contribution >= 0.6 is 0 Å². The molecule has 2 aliphatic rings. The molecule has 2 N–H and O–H groups in total. The molecule has 0 spiro atoms. The van der Waals surface area contributed by atoms with Crippen molar-refractivity contribution in [3.8, 4) is 11.5 Å². The van der Waals surface area contributed by atoms with Crippen LogP contribution in [0, 0.1) is 0 Å². The first kappa shape index (κ1) is 17.9. The van der Waals surface area contributed by atoms with Crippen LogP contribution in [0.1, 0.15) is 54.8 Å². The van der Waals surface area contributed by atoms with Gasteiger partial charge in [-0.2, -0.15) is 0 Å². The lowest BCUT2D eigenvalue weighted by molar-refractivity contribution is 0.0582. The van der Waals surface area contributed by atoms with Gasteiger partial charge in [-0.25, -0.2) is 0 Å². The molecule has 0 aromatic heterocycles. The minimum absolute atomic E-state index is 0.221. The van der Waals surface area contributed by atoms with Crippen molar-refractivity contribution >= 4 is 23.6 Å². The van der Waals surface area contributed by atoms with Crippen LogP contribution in [0.15, 0.2) is 36.4 Å². The summed E-state index contributed by atoms with van der Waals surface area (Å²) < 4.78 is 5.76. The quantitative estimate of drug-likeness (QED) is 0.814. The van der Waals surface area contributed by atoms with Crippen molar-refractivity contribution in [3.63, 3.8) is 0 Å². The summed E-state index contributed by atoms with van der Waals surface area (Å²) >= 11 is 0. The van der Waals surface area contributed by atoms with E-state index in [0.29, 0.717) is 23.5 Å². The van der Waals surface area contributed by atoms with Gasteiger partial charge < -0.3 is 10.5 Å². The Labute approximate surface area is 160 Å². The molecule has 8 nitrogen and oxygen atoms in total. The van der Waals surface area contributed by atoms with E-state index < -0.39 is 23.9 Å². The lowest BCUT2D eigenvalue weighted by Gasteiger charge is -2.20. The summed E-state index contributed by atoms with van der Waals surface area (Å²) in [6.45, 7) is 1.79. The number of rotatable bonds is 4. The van der Waals surface area contributed by atoms with Crippen molar-refractivity contribution in [3.05, 3.63) is 58.7 Å². The van der Waals surface area contributed by atoms with Crippen molar-refractivity contribution in [2.75, 3.05) is 7.05 Å². The fourth-order valence-electron chi connectivity index (χ4n) is 3.33. The molecule has 4 rings (SSSR count). The van der Waals surface area contributed by atoms with E-state index in [0.717, 1.165) is 9.80 Å². The summed E-state index contributed by atoms with van der Waals surface area (Å²) in [5.74, 6) is -0.974. The summed E-state index contributed by atoms with van der Waals surface area (Å²) in [5, 5.41) is 0. The van der Waals surface area contributed by atoms with E-state index >= 15 is 0 Å². The largest absolute Gasteiger partial charge is 0.457 e. The first-order chi connectivity index (χ1) is 13.3. The highest BCUT2D eigenvalue weighted by Gasteiger charge is 2.38. The SMILES string of the molecule is CCC(N)N1C(=O)c2ccc(Oc3ccc4c(c3)C(=O)N(C)C4=O)cc2C1=O. The minimum atomic E-state index is -0.686. The number of fused-ring (bicyclic) bond motifs is 2. The first-order valence-corrected chi connectivity index (χ1v) is 8.75. The van der Waals surface area contributed by atoms with Crippen LogP contribution < -0.4 is 10.5 Å². The molecular formula is C20H17N3O5. The molecule has 0 saturated heterocycles. The molecule has 2 aromatic rings. The number of carbonyl (C=O) groups excluding carboxylic acids is 4. The number of benzene rings is 2. The molecular weight excluding hydrogens is 362 g/mol. The molecule has 8 heteroatoms. The third-order valence-electron chi connectivity index (χ3n) is 4.94. The van der Waals surface area contributed by atoms with Gasteiger partial charge in [0.2, 0.25) is 0 Å². The van der Waals surface area contributed by atoms with Gasteiger partial charge in [0.1, 0.15) is 11.5 Å². The molecule has 142 valence electrons. The molecule has 0 fully saturated rings. The number of nitrogens with two attached hydrogens (primary N) is 1. The van der Waals surface area contributed by atoms with Gasteiger partial charge in [0.25, 0.3) is 23.6 Å². The topological polar surface area (TPSA) is 110 Å². The maximum atomic E-state index is 12.6. The Bertz CT molecular complexity index is 1060. The maximum absolute atomic E-state index is 12.6. The Morgan fingerprint density at radius 3 is 1.86 bits per heavy atom. The van der Waals surface area contributed by atoms with Crippen molar-refractivity contribution < 1.29 is 23.9 Å². The summed E-state index contributed by atoms with van der Waals surface area (Å²) in [5.41, 5.74) is 6.95. The number of amides is 4. The van der Waals surface area contributed by atoms with Gasteiger partial charge in [-0.3, -0.25) is 29.0 Å². The predicted molar refractivity (Wildman–Crippen MR) is 98.1 cm³/mol. The summed E-state index contributed by atoms with van der Waals surface area (Å²) in [4.78, 5) is 51.1. The van der Waals surface area contributed by atoms with E-state index in [9.17, 15) is 19.2 Å². The second kappa shape index (κ2) is 6.28.